The minimum atomic E-state index is -0.203. The van der Waals surface area contributed by atoms with Gasteiger partial charge in [0.2, 0.25) is 0 Å². The quantitative estimate of drug-likeness (QED) is 0.850. The van der Waals surface area contributed by atoms with Crippen LogP contribution in [-0.4, -0.2) is 13.1 Å². The van der Waals surface area contributed by atoms with Crippen molar-refractivity contribution in [3.05, 3.63) is 65.7 Å². The smallest absolute Gasteiger partial charge is 0.318 e. The second-order valence-corrected chi connectivity index (χ2v) is 4.06. The zero-order chi connectivity index (χ0) is 12.8. The topological polar surface area (TPSA) is 41.1 Å². The van der Waals surface area contributed by atoms with Gasteiger partial charge in [-0.05, 0) is 29.7 Å². The first-order chi connectivity index (χ1) is 8.78. The van der Waals surface area contributed by atoms with Gasteiger partial charge in [-0.25, -0.2) is 4.79 Å². The molecule has 0 aliphatic heterocycles. The summed E-state index contributed by atoms with van der Waals surface area (Å²) < 4.78 is 0. The molecule has 0 aliphatic rings. The van der Waals surface area contributed by atoms with E-state index in [9.17, 15) is 4.79 Å². The highest BCUT2D eigenvalue weighted by molar-refractivity contribution is 5.88. The molecule has 0 radical (unpaired) electrons. The van der Waals surface area contributed by atoms with Crippen LogP contribution in [0.15, 0.2) is 54.6 Å². The van der Waals surface area contributed by atoms with Crippen LogP contribution in [0, 0.1) is 0 Å². The fourth-order valence-corrected chi connectivity index (χ4v) is 1.73. The van der Waals surface area contributed by atoms with Gasteiger partial charge in [-0.15, -0.1) is 0 Å². The summed E-state index contributed by atoms with van der Waals surface area (Å²) in [4.78, 5) is 11.1. The zero-order valence-corrected chi connectivity index (χ0v) is 10.3. The number of hydrogen-bond donors (Lipinski definition) is 2. The van der Waals surface area contributed by atoms with E-state index in [1.807, 2.05) is 42.5 Å². The van der Waals surface area contributed by atoms with Crippen molar-refractivity contribution in [2.75, 3.05) is 12.4 Å². The summed E-state index contributed by atoms with van der Waals surface area (Å²) in [6.07, 6.45) is 0.904. The first-order valence-corrected chi connectivity index (χ1v) is 5.89. The lowest BCUT2D eigenvalue weighted by Gasteiger charge is -2.06. The normalized spacial score (nSPS) is 9.83. The lowest BCUT2D eigenvalue weighted by atomic mass is 10.1. The molecular formula is C15H16N2O. The van der Waals surface area contributed by atoms with Crippen molar-refractivity contribution < 1.29 is 4.79 Å². The minimum Gasteiger partial charge on any atom is -0.341 e. The summed E-state index contributed by atoms with van der Waals surface area (Å²) in [7, 11) is 1.60. The molecule has 0 aromatic heterocycles. The third-order valence-corrected chi connectivity index (χ3v) is 2.69. The molecule has 0 bridgehead atoms. The van der Waals surface area contributed by atoms with Crippen molar-refractivity contribution in [2.45, 2.75) is 6.42 Å². The maximum Gasteiger partial charge on any atom is 0.318 e. The monoisotopic (exact) mass is 240 g/mol. The number of hydrogen-bond acceptors (Lipinski definition) is 1. The summed E-state index contributed by atoms with van der Waals surface area (Å²) in [6.45, 7) is 0. The average Bonchev–Trinajstić information content (AvgIpc) is 2.42. The third-order valence-electron chi connectivity index (χ3n) is 2.69. The Hall–Kier alpha value is -2.29. The molecule has 0 heterocycles. The van der Waals surface area contributed by atoms with Gasteiger partial charge in [0.05, 0.1) is 0 Å². The summed E-state index contributed by atoms with van der Waals surface area (Å²) >= 11 is 0. The van der Waals surface area contributed by atoms with Crippen LogP contribution in [0.2, 0.25) is 0 Å². The number of urea groups is 1. The van der Waals surface area contributed by atoms with Gasteiger partial charge < -0.3 is 10.6 Å². The molecule has 3 nitrogen and oxygen atoms in total. The van der Waals surface area contributed by atoms with Gasteiger partial charge in [-0.3, -0.25) is 0 Å². The van der Waals surface area contributed by atoms with E-state index in [-0.39, 0.29) is 6.03 Å². The minimum absolute atomic E-state index is 0.203. The largest absolute Gasteiger partial charge is 0.341 e. The molecule has 92 valence electrons. The van der Waals surface area contributed by atoms with Gasteiger partial charge in [0.1, 0.15) is 0 Å². The highest BCUT2D eigenvalue weighted by Gasteiger charge is 1.99. The SMILES string of the molecule is CNC(=O)Nc1ccc(Cc2ccccc2)cc1. The number of anilines is 1. The van der Waals surface area contributed by atoms with Crippen molar-refractivity contribution in [1.82, 2.24) is 5.32 Å². The molecule has 0 atom stereocenters. The standard InChI is InChI=1S/C15H16N2O/c1-16-15(18)17-14-9-7-13(8-10-14)11-12-5-3-2-4-6-12/h2-10H,11H2,1H3,(H2,16,17,18). The highest BCUT2D eigenvalue weighted by atomic mass is 16.2. The molecule has 0 unspecified atom stereocenters. The van der Waals surface area contributed by atoms with Crippen LogP contribution in [0.4, 0.5) is 10.5 Å². The van der Waals surface area contributed by atoms with Crippen LogP contribution in [0.5, 0.6) is 0 Å². The van der Waals surface area contributed by atoms with Gasteiger partial charge in [0.15, 0.2) is 0 Å². The van der Waals surface area contributed by atoms with E-state index >= 15 is 0 Å². The Balaban J connectivity index is 2.02. The van der Waals surface area contributed by atoms with E-state index < -0.39 is 0 Å². The third kappa shape index (κ3) is 3.35. The Morgan fingerprint density at radius 1 is 0.944 bits per heavy atom. The molecule has 0 spiro atoms. The molecule has 3 heteroatoms. The zero-order valence-electron chi connectivity index (χ0n) is 10.3. The molecule has 2 N–H and O–H groups in total. The second kappa shape index (κ2) is 5.87. The van der Waals surface area contributed by atoms with Crippen LogP contribution in [-0.2, 0) is 6.42 Å². The predicted molar refractivity (Wildman–Crippen MR) is 73.8 cm³/mol. The molecule has 0 saturated heterocycles. The summed E-state index contributed by atoms with van der Waals surface area (Å²) in [5, 5.41) is 5.25. The molecule has 0 saturated carbocycles. The van der Waals surface area contributed by atoms with Crippen LogP contribution < -0.4 is 10.6 Å². The van der Waals surface area contributed by atoms with E-state index in [2.05, 4.69) is 22.8 Å². The van der Waals surface area contributed by atoms with Crippen molar-refractivity contribution in [3.63, 3.8) is 0 Å². The van der Waals surface area contributed by atoms with Crippen molar-refractivity contribution in [3.8, 4) is 0 Å². The van der Waals surface area contributed by atoms with Crippen LogP contribution in [0.1, 0.15) is 11.1 Å². The Bertz CT molecular complexity index is 506. The lowest BCUT2D eigenvalue weighted by Crippen LogP contribution is -2.24. The maximum atomic E-state index is 11.1. The Kier molecular flexibility index (Phi) is 3.97. The average molecular weight is 240 g/mol. The van der Waals surface area contributed by atoms with Gasteiger partial charge in [0, 0.05) is 12.7 Å². The maximum absolute atomic E-state index is 11.1. The van der Waals surface area contributed by atoms with Crippen molar-refractivity contribution in [2.24, 2.45) is 0 Å². The Morgan fingerprint density at radius 2 is 1.56 bits per heavy atom. The van der Waals surface area contributed by atoms with E-state index in [1.165, 1.54) is 11.1 Å². The molecule has 2 rings (SSSR count). The van der Waals surface area contributed by atoms with Crippen molar-refractivity contribution >= 4 is 11.7 Å². The first-order valence-electron chi connectivity index (χ1n) is 5.89. The van der Waals surface area contributed by atoms with E-state index in [0.717, 1.165) is 12.1 Å². The molecule has 2 aromatic rings. The lowest BCUT2D eigenvalue weighted by molar-refractivity contribution is 0.254. The van der Waals surface area contributed by atoms with Crippen molar-refractivity contribution in [1.29, 1.82) is 0 Å². The molecule has 2 amide bonds. The Labute approximate surface area is 107 Å². The van der Waals surface area contributed by atoms with Gasteiger partial charge in [-0.2, -0.15) is 0 Å². The summed E-state index contributed by atoms with van der Waals surface area (Å²) in [5.74, 6) is 0. The number of nitrogens with one attached hydrogen (secondary N) is 2. The molecule has 2 aromatic carbocycles. The predicted octanol–water partition coefficient (Wildman–Crippen LogP) is 3.03. The molecule has 0 fully saturated rings. The van der Waals surface area contributed by atoms with Gasteiger partial charge in [0.25, 0.3) is 0 Å². The second-order valence-electron chi connectivity index (χ2n) is 4.06. The fourth-order valence-electron chi connectivity index (χ4n) is 1.73. The first kappa shape index (κ1) is 12.2. The highest BCUT2D eigenvalue weighted by Crippen LogP contribution is 2.13. The fraction of sp³-hybridized carbons (Fsp3) is 0.133. The van der Waals surface area contributed by atoms with E-state index in [0.29, 0.717) is 0 Å². The summed E-state index contributed by atoms with van der Waals surface area (Å²) in [5.41, 5.74) is 3.30. The number of amides is 2. The van der Waals surface area contributed by atoms with Gasteiger partial charge in [-0.1, -0.05) is 42.5 Å². The number of carbonyl (C=O) groups excluding carboxylic acids is 1. The molecule has 0 aliphatic carbocycles. The number of rotatable bonds is 3. The van der Waals surface area contributed by atoms with Gasteiger partial charge >= 0.3 is 6.03 Å². The number of carbonyl (C=O) groups is 1. The van der Waals surface area contributed by atoms with E-state index in [1.54, 1.807) is 7.05 Å². The molecule has 18 heavy (non-hydrogen) atoms. The van der Waals surface area contributed by atoms with Crippen LogP contribution in [0.3, 0.4) is 0 Å². The van der Waals surface area contributed by atoms with Crippen LogP contribution >= 0.6 is 0 Å². The van der Waals surface area contributed by atoms with Crippen LogP contribution in [0.25, 0.3) is 0 Å². The molecular weight excluding hydrogens is 224 g/mol. The van der Waals surface area contributed by atoms with E-state index in [4.69, 9.17) is 0 Å². The Morgan fingerprint density at radius 3 is 2.17 bits per heavy atom. The number of benzene rings is 2. The summed E-state index contributed by atoms with van der Waals surface area (Å²) in [6, 6.07) is 18.0.